The van der Waals surface area contributed by atoms with Gasteiger partial charge in [-0.25, -0.2) is 13.9 Å². The van der Waals surface area contributed by atoms with Gasteiger partial charge in [0.15, 0.2) is 5.65 Å². The first-order chi connectivity index (χ1) is 17.1. The summed E-state index contributed by atoms with van der Waals surface area (Å²) < 4.78 is 26.7. The smallest absolute Gasteiger partial charge is 0.166 e. The van der Waals surface area contributed by atoms with Crippen molar-refractivity contribution in [1.29, 1.82) is 0 Å². The second-order valence-electron chi connectivity index (χ2n) is 8.60. The van der Waals surface area contributed by atoms with Gasteiger partial charge in [0.2, 0.25) is 0 Å². The minimum absolute atomic E-state index is 0.0151. The first-order valence-electron chi connectivity index (χ1n) is 11.9. The summed E-state index contributed by atoms with van der Waals surface area (Å²) in [6, 6.07) is 16.2. The van der Waals surface area contributed by atoms with Crippen molar-refractivity contribution in [3.8, 4) is 28.1 Å². The van der Waals surface area contributed by atoms with Crippen LogP contribution in [0.4, 0.5) is 10.2 Å². The van der Waals surface area contributed by atoms with Crippen molar-refractivity contribution in [2.24, 2.45) is 0 Å². The fourth-order valence-corrected chi connectivity index (χ4v) is 4.70. The van der Waals surface area contributed by atoms with Crippen LogP contribution in [-0.2, 0) is 11.3 Å². The third-order valence-electron chi connectivity index (χ3n) is 6.49. The molecule has 0 spiro atoms. The average molecular weight is 477 g/mol. The summed E-state index contributed by atoms with van der Waals surface area (Å²) in [5.41, 5.74) is 4.91. The van der Waals surface area contributed by atoms with Crippen LogP contribution in [0.1, 0.15) is 25.5 Å². The summed E-state index contributed by atoms with van der Waals surface area (Å²) in [6.07, 6.45) is 1.90. The monoisotopic (exact) mass is 476 g/mol. The van der Waals surface area contributed by atoms with Crippen molar-refractivity contribution < 1.29 is 19.0 Å². The topological polar surface area (TPSA) is 72.1 Å². The van der Waals surface area contributed by atoms with Crippen LogP contribution in [0.2, 0.25) is 0 Å². The lowest BCUT2D eigenvalue weighted by atomic mass is 10.1. The normalized spacial score (nSPS) is 15.8. The number of aliphatic hydroxyl groups is 1. The van der Waals surface area contributed by atoms with Gasteiger partial charge in [0.1, 0.15) is 17.4 Å². The molecule has 1 atom stereocenters. The highest BCUT2D eigenvalue weighted by atomic mass is 19.1. The SMILES string of the molecule is CCOCc1nn2c(-c3ccc(F)cc3)cc(N3CCCC3CO)nc2c1-c1ccc(OC)cc1. The maximum atomic E-state index is 13.7. The molecule has 35 heavy (non-hydrogen) atoms. The maximum Gasteiger partial charge on any atom is 0.166 e. The fourth-order valence-electron chi connectivity index (χ4n) is 4.70. The Hall–Kier alpha value is -3.49. The minimum Gasteiger partial charge on any atom is -0.497 e. The number of methoxy groups -OCH3 is 1. The third-order valence-corrected chi connectivity index (χ3v) is 6.49. The van der Waals surface area contributed by atoms with Gasteiger partial charge in [-0.05, 0) is 61.7 Å². The second-order valence-corrected chi connectivity index (χ2v) is 8.60. The van der Waals surface area contributed by atoms with Gasteiger partial charge < -0.3 is 19.5 Å². The Balaban J connectivity index is 1.77. The molecule has 0 bridgehead atoms. The van der Waals surface area contributed by atoms with E-state index in [9.17, 15) is 9.50 Å². The minimum atomic E-state index is -0.296. The first kappa shape index (κ1) is 23.3. The molecular weight excluding hydrogens is 447 g/mol. The highest BCUT2D eigenvalue weighted by Gasteiger charge is 2.28. The lowest BCUT2D eigenvalue weighted by Crippen LogP contribution is -2.32. The first-order valence-corrected chi connectivity index (χ1v) is 11.9. The van der Waals surface area contributed by atoms with Crippen LogP contribution in [0.3, 0.4) is 0 Å². The van der Waals surface area contributed by atoms with Crippen LogP contribution < -0.4 is 9.64 Å². The predicted octanol–water partition coefficient (Wildman–Crippen LogP) is 4.71. The van der Waals surface area contributed by atoms with E-state index in [0.717, 1.165) is 59.0 Å². The highest BCUT2D eigenvalue weighted by Crippen LogP contribution is 2.35. The van der Waals surface area contributed by atoms with Gasteiger partial charge in [-0.3, -0.25) is 0 Å². The van der Waals surface area contributed by atoms with Gasteiger partial charge in [0.25, 0.3) is 0 Å². The van der Waals surface area contributed by atoms with E-state index >= 15 is 0 Å². The van der Waals surface area contributed by atoms with Crippen molar-refractivity contribution in [2.45, 2.75) is 32.4 Å². The number of fused-ring (bicyclic) bond motifs is 1. The predicted molar refractivity (Wildman–Crippen MR) is 133 cm³/mol. The van der Waals surface area contributed by atoms with Crippen molar-refractivity contribution in [3.63, 3.8) is 0 Å². The molecule has 8 heteroatoms. The Labute approximate surface area is 203 Å². The summed E-state index contributed by atoms with van der Waals surface area (Å²) in [6.45, 7) is 3.73. The van der Waals surface area contributed by atoms with Crippen molar-refractivity contribution in [1.82, 2.24) is 14.6 Å². The molecule has 7 nitrogen and oxygen atoms in total. The molecule has 182 valence electrons. The van der Waals surface area contributed by atoms with Gasteiger partial charge >= 0.3 is 0 Å². The maximum absolute atomic E-state index is 13.7. The molecule has 3 heterocycles. The number of ether oxygens (including phenoxy) is 2. The van der Waals surface area contributed by atoms with E-state index in [1.807, 2.05) is 41.8 Å². The number of hydrogen-bond donors (Lipinski definition) is 1. The number of halogens is 1. The van der Waals surface area contributed by atoms with Crippen LogP contribution in [0.15, 0.2) is 54.6 Å². The molecule has 2 aromatic carbocycles. The largest absolute Gasteiger partial charge is 0.497 e. The zero-order valence-electron chi connectivity index (χ0n) is 19.9. The summed E-state index contributed by atoms with van der Waals surface area (Å²) in [5.74, 6) is 1.24. The van der Waals surface area contributed by atoms with Crippen molar-refractivity contribution >= 4 is 11.5 Å². The van der Waals surface area contributed by atoms with E-state index in [1.54, 1.807) is 19.2 Å². The molecule has 0 radical (unpaired) electrons. The Bertz CT molecular complexity index is 1310. The molecule has 0 aliphatic carbocycles. The molecule has 1 N–H and O–H groups in total. The van der Waals surface area contributed by atoms with Gasteiger partial charge in [0.05, 0.1) is 43.3 Å². The molecule has 5 rings (SSSR count). The Morgan fingerprint density at radius 2 is 1.83 bits per heavy atom. The van der Waals surface area contributed by atoms with E-state index in [2.05, 4.69) is 4.90 Å². The number of nitrogens with zero attached hydrogens (tertiary/aromatic N) is 4. The molecule has 2 aromatic heterocycles. The Morgan fingerprint density at radius 3 is 2.51 bits per heavy atom. The lowest BCUT2D eigenvalue weighted by molar-refractivity contribution is 0.131. The lowest BCUT2D eigenvalue weighted by Gasteiger charge is -2.25. The van der Waals surface area contributed by atoms with E-state index in [0.29, 0.717) is 18.9 Å². The molecule has 0 saturated carbocycles. The molecule has 0 amide bonds. The molecule has 1 fully saturated rings. The number of aromatic nitrogens is 3. The summed E-state index contributed by atoms with van der Waals surface area (Å²) in [7, 11) is 1.64. The molecule has 1 unspecified atom stereocenters. The highest BCUT2D eigenvalue weighted by molar-refractivity contribution is 5.83. The van der Waals surface area contributed by atoms with E-state index in [-0.39, 0.29) is 18.5 Å². The molecular formula is C27H29FN4O3. The van der Waals surface area contributed by atoms with Gasteiger partial charge in [0, 0.05) is 24.8 Å². The van der Waals surface area contributed by atoms with Crippen LogP contribution in [0.25, 0.3) is 28.0 Å². The Morgan fingerprint density at radius 1 is 1.09 bits per heavy atom. The summed E-state index contributed by atoms with van der Waals surface area (Å²) in [4.78, 5) is 7.21. The number of aliphatic hydroxyl groups excluding tert-OH is 1. The number of hydrogen-bond acceptors (Lipinski definition) is 6. The van der Waals surface area contributed by atoms with E-state index < -0.39 is 0 Å². The van der Waals surface area contributed by atoms with Crippen molar-refractivity contribution in [2.75, 3.05) is 31.8 Å². The van der Waals surface area contributed by atoms with Crippen LogP contribution in [0.5, 0.6) is 5.75 Å². The molecule has 1 aliphatic rings. The molecule has 4 aromatic rings. The molecule has 1 aliphatic heterocycles. The fraction of sp³-hybridized carbons (Fsp3) is 0.333. The van der Waals surface area contributed by atoms with Crippen LogP contribution in [0, 0.1) is 5.82 Å². The standard InChI is InChI=1S/C27H29FN4O3/c1-3-35-17-23-26(19-8-12-22(34-2)13-9-19)27-29-25(31-14-4-5-21(31)16-33)15-24(32(27)30-23)18-6-10-20(28)11-7-18/h6-13,15,21,33H,3-5,14,16-17H2,1-2H3. The quantitative estimate of drug-likeness (QED) is 0.397. The number of rotatable bonds is 8. The van der Waals surface area contributed by atoms with Crippen LogP contribution in [-0.4, -0.2) is 52.6 Å². The Kier molecular flexibility index (Phi) is 6.66. The second kappa shape index (κ2) is 10.0. The van der Waals surface area contributed by atoms with Crippen molar-refractivity contribution in [3.05, 3.63) is 66.1 Å². The molecule has 1 saturated heterocycles. The third kappa shape index (κ3) is 4.47. The van der Waals surface area contributed by atoms with E-state index in [4.69, 9.17) is 19.6 Å². The van der Waals surface area contributed by atoms with Gasteiger partial charge in [-0.2, -0.15) is 5.10 Å². The summed E-state index contributed by atoms with van der Waals surface area (Å²) in [5, 5.41) is 14.9. The average Bonchev–Trinajstić information content (AvgIpc) is 3.52. The van der Waals surface area contributed by atoms with Gasteiger partial charge in [-0.1, -0.05) is 12.1 Å². The summed E-state index contributed by atoms with van der Waals surface area (Å²) >= 11 is 0. The zero-order chi connectivity index (χ0) is 24.4. The van der Waals surface area contributed by atoms with E-state index in [1.165, 1.54) is 12.1 Å². The van der Waals surface area contributed by atoms with Gasteiger partial charge in [-0.15, -0.1) is 0 Å². The zero-order valence-corrected chi connectivity index (χ0v) is 19.9. The van der Waals surface area contributed by atoms with Crippen LogP contribution >= 0.6 is 0 Å². The number of benzene rings is 2. The number of anilines is 1.